The third kappa shape index (κ3) is 2.24. The quantitative estimate of drug-likeness (QED) is 0.331. The van der Waals surface area contributed by atoms with Crippen molar-refractivity contribution < 1.29 is 0 Å². The van der Waals surface area contributed by atoms with Crippen LogP contribution >= 0.6 is 0 Å². The van der Waals surface area contributed by atoms with E-state index in [9.17, 15) is 5.26 Å². The zero-order chi connectivity index (χ0) is 22.0. The summed E-state index contributed by atoms with van der Waals surface area (Å²) in [5.41, 5.74) is 6.55. The predicted molar refractivity (Wildman–Crippen MR) is 123 cm³/mol. The van der Waals surface area contributed by atoms with Gasteiger partial charge in [-0.3, -0.25) is 4.57 Å². The molecule has 0 radical (unpaired) electrons. The SMILES string of the molecule is [C-]#[N+]c1nc(C#N)nc(-n2c3ccccc3c3ccc4c(c32)C(C)(C)c2ccccc2-4)n1. The molecule has 1 aliphatic carbocycles. The second-order valence-electron chi connectivity index (χ2n) is 8.39. The van der Waals surface area contributed by atoms with Gasteiger partial charge in [-0.25, -0.2) is 0 Å². The van der Waals surface area contributed by atoms with Crippen molar-refractivity contribution in [2.24, 2.45) is 0 Å². The molecule has 3 aromatic carbocycles. The summed E-state index contributed by atoms with van der Waals surface area (Å²) < 4.78 is 1.98. The molecular weight excluding hydrogens is 396 g/mol. The van der Waals surface area contributed by atoms with Crippen molar-refractivity contribution in [3.63, 3.8) is 0 Å². The molecule has 0 N–H and O–H groups in total. The molecule has 0 saturated heterocycles. The summed E-state index contributed by atoms with van der Waals surface area (Å²) in [4.78, 5) is 16.1. The number of nitrogens with zero attached hydrogens (tertiary/aromatic N) is 6. The van der Waals surface area contributed by atoms with E-state index in [-0.39, 0.29) is 23.1 Å². The first-order valence-corrected chi connectivity index (χ1v) is 10.2. The summed E-state index contributed by atoms with van der Waals surface area (Å²) in [6.45, 7) is 11.9. The predicted octanol–water partition coefficient (Wildman–Crippen LogP) is 5.70. The van der Waals surface area contributed by atoms with E-state index in [1.54, 1.807) is 0 Å². The highest BCUT2D eigenvalue weighted by atomic mass is 15.2. The van der Waals surface area contributed by atoms with Crippen molar-refractivity contribution in [1.82, 2.24) is 19.5 Å². The van der Waals surface area contributed by atoms with Crippen LogP contribution in [0.15, 0.2) is 60.7 Å². The van der Waals surface area contributed by atoms with Gasteiger partial charge in [-0.05, 0) is 28.3 Å². The minimum atomic E-state index is -0.245. The van der Waals surface area contributed by atoms with Crippen molar-refractivity contribution in [3.8, 4) is 23.1 Å². The fourth-order valence-electron chi connectivity index (χ4n) is 5.07. The van der Waals surface area contributed by atoms with Gasteiger partial charge in [0.05, 0.1) is 11.0 Å². The lowest BCUT2D eigenvalue weighted by molar-refractivity contribution is 0.663. The lowest BCUT2D eigenvalue weighted by Gasteiger charge is -2.23. The Labute approximate surface area is 184 Å². The van der Waals surface area contributed by atoms with Crippen molar-refractivity contribution in [1.29, 1.82) is 5.26 Å². The average molecular weight is 412 g/mol. The molecule has 0 amide bonds. The minimum absolute atomic E-state index is 0.0675. The van der Waals surface area contributed by atoms with Gasteiger partial charge in [0, 0.05) is 16.2 Å². The maximum Gasteiger partial charge on any atom is 0.377 e. The van der Waals surface area contributed by atoms with Crippen LogP contribution in [-0.4, -0.2) is 19.5 Å². The Morgan fingerprint density at radius 2 is 1.69 bits per heavy atom. The molecule has 0 unspecified atom stereocenters. The van der Waals surface area contributed by atoms with Gasteiger partial charge in [0.2, 0.25) is 0 Å². The second-order valence-corrected chi connectivity index (χ2v) is 8.39. The summed E-state index contributed by atoms with van der Waals surface area (Å²) in [5.74, 6) is 0.128. The van der Waals surface area contributed by atoms with E-state index in [4.69, 9.17) is 6.57 Å². The number of hydrogen-bond donors (Lipinski definition) is 0. The van der Waals surface area contributed by atoms with Gasteiger partial charge in [-0.15, -0.1) is 16.5 Å². The molecule has 6 nitrogen and oxygen atoms in total. The van der Waals surface area contributed by atoms with Crippen LogP contribution in [0, 0.1) is 17.9 Å². The monoisotopic (exact) mass is 412 g/mol. The number of rotatable bonds is 1. The Morgan fingerprint density at radius 3 is 2.50 bits per heavy atom. The number of hydrogen-bond acceptors (Lipinski definition) is 4. The normalized spacial score (nSPS) is 13.5. The minimum Gasteiger partial charge on any atom is -0.394 e. The number of para-hydroxylation sites is 1. The van der Waals surface area contributed by atoms with Crippen LogP contribution < -0.4 is 0 Å². The molecule has 6 rings (SSSR count). The van der Waals surface area contributed by atoms with Crippen molar-refractivity contribution >= 4 is 27.8 Å². The Kier molecular flexibility index (Phi) is 3.55. The van der Waals surface area contributed by atoms with Gasteiger partial charge < -0.3 is 4.85 Å². The Hall–Kier alpha value is -4.55. The van der Waals surface area contributed by atoms with E-state index in [0.717, 1.165) is 21.8 Å². The molecule has 2 heterocycles. The zero-order valence-electron chi connectivity index (χ0n) is 17.5. The number of nitriles is 1. The molecule has 0 bridgehead atoms. The molecule has 150 valence electrons. The third-order valence-electron chi connectivity index (χ3n) is 6.36. The molecular formula is C26H16N6. The van der Waals surface area contributed by atoms with E-state index in [1.807, 2.05) is 28.8 Å². The van der Waals surface area contributed by atoms with Crippen molar-refractivity contribution in [2.45, 2.75) is 19.3 Å². The van der Waals surface area contributed by atoms with Crippen LogP contribution in [0.2, 0.25) is 0 Å². The van der Waals surface area contributed by atoms with Crippen molar-refractivity contribution in [2.75, 3.05) is 0 Å². The van der Waals surface area contributed by atoms with E-state index in [1.165, 1.54) is 22.3 Å². The molecule has 6 heteroatoms. The standard InChI is InChI=1S/C26H16N6/c1-26(2)19-10-6-4-8-15(19)17-12-13-18-16-9-5-7-11-20(16)32(23(18)22(17)26)25-30-21(14-27)29-24(28-3)31-25/h4-13H,1-2H3. The van der Waals surface area contributed by atoms with Gasteiger partial charge in [0.1, 0.15) is 0 Å². The maximum absolute atomic E-state index is 9.45. The Bertz CT molecular complexity index is 1650. The molecule has 0 aliphatic heterocycles. The highest BCUT2D eigenvalue weighted by molar-refractivity contribution is 6.12. The summed E-state index contributed by atoms with van der Waals surface area (Å²) >= 11 is 0. The molecule has 2 aromatic heterocycles. The first kappa shape index (κ1) is 18.2. The largest absolute Gasteiger partial charge is 0.394 e. The van der Waals surface area contributed by atoms with Crippen molar-refractivity contribution in [3.05, 3.63) is 89.0 Å². The fourth-order valence-corrected chi connectivity index (χ4v) is 5.07. The molecule has 0 fully saturated rings. The van der Waals surface area contributed by atoms with Crippen LogP contribution in [0.3, 0.4) is 0 Å². The van der Waals surface area contributed by atoms with Gasteiger partial charge in [0.25, 0.3) is 11.8 Å². The Morgan fingerprint density at radius 1 is 0.906 bits per heavy atom. The van der Waals surface area contributed by atoms with E-state index in [2.05, 4.69) is 76.1 Å². The molecule has 1 aliphatic rings. The van der Waals surface area contributed by atoms with Crippen LogP contribution in [0.5, 0.6) is 0 Å². The van der Waals surface area contributed by atoms with E-state index < -0.39 is 0 Å². The number of fused-ring (bicyclic) bond motifs is 7. The molecule has 0 spiro atoms. The topological polar surface area (TPSA) is 71.8 Å². The first-order valence-electron chi connectivity index (χ1n) is 10.2. The van der Waals surface area contributed by atoms with Gasteiger partial charge in [0.15, 0.2) is 6.07 Å². The maximum atomic E-state index is 9.45. The van der Waals surface area contributed by atoms with E-state index in [0.29, 0.717) is 0 Å². The highest BCUT2D eigenvalue weighted by Crippen LogP contribution is 2.52. The summed E-state index contributed by atoms with van der Waals surface area (Å²) in [7, 11) is 0. The molecule has 32 heavy (non-hydrogen) atoms. The summed E-state index contributed by atoms with van der Waals surface area (Å²) in [6, 6.07) is 22.9. The first-order chi connectivity index (χ1) is 15.5. The lowest BCUT2D eigenvalue weighted by Crippen LogP contribution is -2.17. The van der Waals surface area contributed by atoms with Crippen LogP contribution in [0.25, 0.3) is 43.7 Å². The van der Waals surface area contributed by atoms with Crippen LogP contribution in [0.1, 0.15) is 30.8 Å². The summed E-state index contributed by atoms with van der Waals surface area (Å²) in [6.07, 6.45) is 0. The second kappa shape index (κ2) is 6.23. The van der Waals surface area contributed by atoms with E-state index >= 15 is 0 Å². The highest BCUT2D eigenvalue weighted by Gasteiger charge is 2.38. The lowest BCUT2D eigenvalue weighted by atomic mass is 9.81. The van der Waals surface area contributed by atoms with Gasteiger partial charge in [-0.1, -0.05) is 68.4 Å². The number of benzene rings is 3. The zero-order valence-corrected chi connectivity index (χ0v) is 17.5. The van der Waals surface area contributed by atoms with Gasteiger partial charge in [-0.2, -0.15) is 10.2 Å². The smallest absolute Gasteiger partial charge is 0.377 e. The molecule has 5 aromatic rings. The Balaban J connectivity index is 1.84. The molecule has 0 atom stereocenters. The van der Waals surface area contributed by atoms with Gasteiger partial charge >= 0.3 is 5.95 Å². The van der Waals surface area contributed by atoms with Crippen LogP contribution in [0.4, 0.5) is 5.95 Å². The third-order valence-corrected chi connectivity index (χ3v) is 6.36. The van der Waals surface area contributed by atoms with Crippen LogP contribution in [-0.2, 0) is 5.41 Å². The molecule has 0 saturated carbocycles. The summed E-state index contributed by atoms with van der Waals surface area (Å²) in [5, 5.41) is 11.6. The number of aromatic nitrogens is 4. The fraction of sp³-hybridized carbons (Fsp3) is 0.115. The average Bonchev–Trinajstić information content (AvgIpc) is 3.28.